The molecule has 0 aromatic heterocycles. The van der Waals surface area contributed by atoms with Crippen molar-refractivity contribution < 1.29 is 4.74 Å². The summed E-state index contributed by atoms with van der Waals surface area (Å²) < 4.78 is 5.33. The molecular formula is C9H17NO. The molecule has 0 aromatic carbocycles. The summed E-state index contributed by atoms with van der Waals surface area (Å²) in [4.78, 5) is 2.58. The van der Waals surface area contributed by atoms with E-state index in [0.29, 0.717) is 12.1 Å². The van der Waals surface area contributed by atoms with Crippen LogP contribution in [0.25, 0.3) is 0 Å². The summed E-state index contributed by atoms with van der Waals surface area (Å²) in [5.74, 6) is 0. The Kier molecular flexibility index (Phi) is 1.90. The topological polar surface area (TPSA) is 15.8 Å². The molecule has 2 aliphatic heterocycles. The van der Waals surface area contributed by atoms with E-state index in [9.17, 15) is 0 Å². The lowest BCUT2D eigenvalue weighted by Crippen LogP contribution is -2.38. The maximum Gasteiger partial charge on any atom is 0.0964 e. The number of ether oxygens (including phenoxy) is 1. The molecule has 64 valence electrons. The number of epoxide rings is 1. The first-order valence-corrected chi connectivity index (χ1v) is 4.66. The van der Waals surface area contributed by atoms with Crippen LogP contribution < -0.4 is 0 Å². The number of likely N-dealkylation sites (tertiary alicyclic amines) is 1. The van der Waals surface area contributed by atoms with Gasteiger partial charge in [-0.05, 0) is 33.2 Å². The molecule has 0 bridgehead atoms. The Morgan fingerprint density at radius 2 is 2.18 bits per heavy atom. The number of rotatable bonds is 2. The van der Waals surface area contributed by atoms with Crippen molar-refractivity contribution in [3.8, 4) is 0 Å². The summed E-state index contributed by atoms with van der Waals surface area (Å²) in [5, 5.41) is 0. The number of hydrogen-bond acceptors (Lipinski definition) is 2. The standard InChI is InChI=1S/C9H17NO/c1-7(2)10-5-3-4-8(10)9-6-11-9/h7-9H,3-6H2,1-2H3/t8-,9-/m0/s1. The average Bonchev–Trinajstić information content (AvgIpc) is 2.68. The van der Waals surface area contributed by atoms with Crippen LogP contribution in [0.5, 0.6) is 0 Å². The lowest BCUT2D eigenvalue weighted by atomic mass is 10.1. The van der Waals surface area contributed by atoms with Crippen LogP contribution in [-0.2, 0) is 4.74 Å². The highest BCUT2D eigenvalue weighted by Crippen LogP contribution is 2.29. The second-order valence-electron chi connectivity index (χ2n) is 3.91. The van der Waals surface area contributed by atoms with Gasteiger partial charge in [-0.1, -0.05) is 0 Å². The summed E-state index contributed by atoms with van der Waals surface area (Å²) in [6, 6.07) is 1.45. The van der Waals surface area contributed by atoms with Gasteiger partial charge < -0.3 is 4.74 Å². The van der Waals surface area contributed by atoms with E-state index in [-0.39, 0.29) is 0 Å². The molecule has 0 aromatic rings. The molecule has 0 spiro atoms. The van der Waals surface area contributed by atoms with Crippen molar-refractivity contribution in [1.82, 2.24) is 4.90 Å². The van der Waals surface area contributed by atoms with Gasteiger partial charge in [0, 0.05) is 12.1 Å². The van der Waals surface area contributed by atoms with Gasteiger partial charge in [0.1, 0.15) is 0 Å². The van der Waals surface area contributed by atoms with E-state index in [0.717, 1.165) is 12.6 Å². The Labute approximate surface area is 68.5 Å². The molecule has 2 aliphatic rings. The Morgan fingerprint density at radius 3 is 2.73 bits per heavy atom. The molecule has 2 fully saturated rings. The smallest absolute Gasteiger partial charge is 0.0964 e. The van der Waals surface area contributed by atoms with Gasteiger partial charge in [0.25, 0.3) is 0 Å². The fraction of sp³-hybridized carbons (Fsp3) is 1.00. The molecule has 2 nitrogen and oxygen atoms in total. The van der Waals surface area contributed by atoms with E-state index in [1.54, 1.807) is 0 Å². The summed E-state index contributed by atoms with van der Waals surface area (Å²) >= 11 is 0. The predicted molar refractivity (Wildman–Crippen MR) is 44.6 cm³/mol. The van der Waals surface area contributed by atoms with Crippen LogP contribution in [-0.4, -0.2) is 36.2 Å². The quantitative estimate of drug-likeness (QED) is 0.558. The van der Waals surface area contributed by atoms with Crippen LogP contribution in [0.15, 0.2) is 0 Å². The lowest BCUT2D eigenvalue weighted by Gasteiger charge is -2.26. The van der Waals surface area contributed by atoms with Gasteiger partial charge in [-0.3, -0.25) is 4.90 Å². The van der Waals surface area contributed by atoms with E-state index >= 15 is 0 Å². The summed E-state index contributed by atoms with van der Waals surface area (Å²) in [6.07, 6.45) is 3.30. The number of hydrogen-bond donors (Lipinski definition) is 0. The van der Waals surface area contributed by atoms with Crippen molar-refractivity contribution in [1.29, 1.82) is 0 Å². The first kappa shape index (κ1) is 7.56. The third kappa shape index (κ3) is 1.42. The highest BCUT2D eigenvalue weighted by atomic mass is 16.6. The average molecular weight is 155 g/mol. The molecule has 0 aliphatic carbocycles. The molecule has 0 radical (unpaired) electrons. The third-order valence-corrected chi connectivity index (χ3v) is 2.79. The van der Waals surface area contributed by atoms with Gasteiger partial charge in [0.15, 0.2) is 0 Å². The van der Waals surface area contributed by atoms with Gasteiger partial charge in [-0.2, -0.15) is 0 Å². The van der Waals surface area contributed by atoms with Crippen molar-refractivity contribution in [2.75, 3.05) is 13.2 Å². The zero-order chi connectivity index (χ0) is 7.84. The van der Waals surface area contributed by atoms with E-state index < -0.39 is 0 Å². The fourth-order valence-corrected chi connectivity index (χ4v) is 2.13. The molecule has 2 heterocycles. The van der Waals surface area contributed by atoms with Gasteiger partial charge in [-0.25, -0.2) is 0 Å². The van der Waals surface area contributed by atoms with Gasteiger partial charge in [0.2, 0.25) is 0 Å². The first-order valence-electron chi connectivity index (χ1n) is 4.66. The van der Waals surface area contributed by atoms with Crippen LogP contribution in [0, 0.1) is 0 Å². The van der Waals surface area contributed by atoms with Crippen LogP contribution >= 0.6 is 0 Å². The first-order chi connectivity index (χ1) is 5.29. The Hall–Kier alpha value is -0.0800. The molecule has 11 heavy (non-hydrogen) atoms. The normalized spacial score (nSPS) is 38.5. The molecule has 2 saturated heterocycles. The Balaban J connectivity index is 1.95. The van der Waals surface area contributed by atoms with E-state index in [2.05, 4.69) is 18.7 Å². The molecule has 0 unspecified atom stereocenters. The lowest BCUT2D eigenvalue weighted by molar-refractivity contribution is 0.170. The minimum atomic E-state index is 0.583. The van der Waals surface area contributed by atoms with Crippen molar-refractivity contribution in [3.05, 3.63) is 0 Å². The largest absolute Gasteiger partial charge is 0.371 e. The zero-order valence-electron chi connectivity index (χ0n) is 7.42. The van der Waals surface area contributed by atoms with Gasteiger partial charge in [-0.15, -0.1) is 0 Å². The Morgan fingerprint density at radius 1 is 1.45 bits per heavy atom. The minimum absolute atomic E-state index is 0.583. The van der Waals surface area contributed by atoms with Crippen molar-refractivity contribution in [2.24, 2.45) is 0 Å². The maximum atomic E-state index is 5.33. The molecular weight excluding hydrogens is 138 g/mol. The monoisotopic (exact) mass is 155 g/mol. The van der Waals surface area contributed by atoms with Gasteiger partial charge in [0.05, 0.1) is 12.7 Å². The maximum absolute atomic E-state index is 5.33. The summed E-state index contributed by atoms with van der Waals surface area (Å²) in [7, 11) is 0. The summed E-state index contributed by atoms with van der Waals surface area (Å²) in [5.41, 5.74) is 0. The van der Waals surface area contributed by atoms with Crippen LogP contribution in [0.2, 0.25) is 0 Å². The Bertz CT molecular complexity index is 134. The van der Waals surface area contributed by atoms with E-state index in [1.807, 2.05) is 0 Å². The third-order valence-electron chi connectivity index (χ3n) is 2.79. The molecule has 2 heteroatoms. The minimum Gasteiger partial charge on any atom is -0.371 e. The second-order valence-corrected chi connectivity index (χ2v) is 3.91. The molecule has 2 rings (SSSR count). The van der Waals surface area contributed by atoms with Crippen LogP contribution in [0.4, 0.5) is 0 Å². The predicted octanol–water partition coefficient (Wildman–Crippen LogP) is 1.26. The summed E-state index contributed by atoms with van der Waals surface area (Å²) in [6.45, 7) is 6.84. The van der Waals surface area contributed by atoms with Crippen LogP contribution in [0.1, 0.15) is 26.7 Å². The van der Waals surface area contributed by atoms with E-state index in [4.69, 9.17) is 4.74 Å². The zero-order valence-corrected chi connectivity index (χ0v) is 7.42. The van der Waals surface area contributed by atoms with Crippen molar-refractivity contribution in [2.45, 2.75) is 44.9 Å². The highest BCUT2D eigenvalue weighted by Gasteiger charge is 2.39. The second kappa shape index (κ2) is 2.76. The van der Waals surface area contributed by atoms with Crippen molar-refractivity contribution in [3.63, 3.8) is 0 Å². The van der Waals surface area contributed by atoms with E-state index in [1.165, 1.54) is 19.4 Å². The number of nitrogens with zero attached hydrogens (tertiary/aromatic N) is 1. The van der Waals surface area contributed by atoms with Gasteiger partial charge >= 0.3 is 0 Å². The molecule has 0 N–H and O–H groups in total. The molecule has 0 amide bonds. The molecule has 0 saturated carbocycles. The highest BCUT2D eigenvalue weighted by molar-refractivity contribution is 4.92. The van der Waals surface area contributed by atoms with Crippen molar-refractivity contribution >= 4 is 0 Å². The fourth-order valence-electron chi connectivity index (χ4n) is 2.13. The molecule has 2 atom stereocenters. The van der Waals surface area contributed by atoms with Crippen LogP contribution in [0.3, 0.4) is 0 Å². The SMILES string of the molecule is CC(C)N1CCC[C@H]1[C@@H]1CO1.